The number of amides is 1. The number of aromatic nitrogens is 2. The molecule has 1 aliphatic rings. The standard InChI is InChI=1S/C24H26N4O4/c1-30-20-13-18(14-21(31-2)23(20)32-3)24(29)28-11-9-27(10-12-28)22-15-19(25-16-26-22)17-7-5-4-6-8-17/h4-8,13-16H,9-12H2,1-3H3. The Morgan fingerprint density at radius 2 is 1.50 bits per heavy atom. The van der Waals surface area contributed by atoms with Crippen molar-refractivity contribution in [2.24, 2.45) is 0 Å². The van der Waals surface area contributed by atoms with Crippen molar-refractivity contribution in [1.29, 1.82) is 0 Å². The second kappa shape index (κ2) is 9.55. The van der Waals surface area contributed by atoms with Gasteiger partial charge in [-0.15, -0.1) is 0 Å². The van der Waals surface area contributed by atoms with Gasteiger partial charge in [0.05, 0.1) is 27.0 Å². The number of anilines is 1. The third-order valence-corrected chi connectivity index (χ3v) is 5.52. The van der Waals surface area contributed by atoms with Gasteiger partial charge in [0.1, 0.15) is 12.1 Å². The molecule has 4 rings (SSSR count). The predicted octanol–water partition coefficient (Wildman–Crippen LogP) is 3.13. The van der Waals surface area contributed by atoms with Crippen molar-refractivity contribution in [1.82, 2.24) is 14.9 Å². The lowest BCUT2D eigenvalue weighted by molar-refractivity contribution is 0.0745. The van der Waals surface area contributed by atoms with Gasteiger partial charge in [-0.25, -0.2) is 9.97 Å². The fraction of sp³-hybridized carbons (Fsp3) is 0.292. The number of rotatable bonds is 6. The summed E-state index contributed by atoms with van der Waals surface area (Å²) < 4.78 is 16.1. The van der Waals surface area contributed by atoms with E-state index < -0.39 is 0 Å². The van der Waals surface area contributed by atoms with Gasteiger partial charge in [-0.2, -0.15) is 0 Å². The van der Waals surface area contributed by atoms with Crippen LogP contribution in [0.3, 0.4) is 0 Å². The predicted molar refractivity (Wildman–Crippen MR) is 122 cm³/mol. The zero-order valence-electron chi connectivity index (χ0n) is 18.4. The first kappa shape index (κ1) is 21.4. The van der Waals surface area contributed by atoms with E-state index in [2.05, 4.69) is 14.9 Å². The molecular weight excluding hydrogens is 408 g/mol. The van der Waals surface area contributed by atoms with Crippen molar-refractivity contribution in [3.63, 3.8) is 0 Å². The van der Waals surface area contributed by atoms with Crippen LogP contribution in [0.25, 0.3) is 11.3 Å². The fourth-order valence-corrected chi connectivity index (χ4v) is 3.81. The van der Waals surface area contributed by atoms with Gasteiger partial charge in [-0.1, -0.05) is 30.3 Å². The van der Waals surface area contributed by atoms with Gasteiger partial charge in [-0.05, 0) is 12.1 Å². The van der Waals surface area contributed by atoms with E-state index in [1.54, 1.807) is 18.5 Å². The van der Waals surface area contributed by atoms with E-state index in [1.165, 1.54) is 21.3 Å². The van der Waals surface area contributed by atoms with Gasteiger partial charge in [0.25, 0.3) is 5.91 Å². The minimum absolute atomic E-state index is 0.0726. The van der Waals surface area contributed by atoms with Crippen LogP contribution in [0.4, 0.5) is 5.82 Å². The Bertz CT molecular complexity index is 1060. The molecule has 3 aromatic rings. The van der Waals surface area contributed by atoms with Crippen molar-refractivity contribution in [3.8, 4) is 28.5 Å². The minimum atomic E-state index is -0.0726. The Kier molecular flexibility index (Phi) is 6.39. The maximum absolute atomic E-state index is 13.1. The highest BCUT2D eigenvalue weighted by molar-refractivity contribution is 5.95. The van der Waals surface area contributed by atoms with Gasteiger partial charge in [0.15, 0.2) is 11.5 Å². The largest absolute Gasteiger partial charge is 0.493 e. The third kappa shape index (κ3) is 4.30. The summed E-state index contributed by atoms with van der Waals surface area (Å²) in [6.07, 6.45) is 1.59. The molecule has 0 saturated carbocycles. The lowest BCUT2D eigenvalue weighted by atomic mass is 10.1. The van der Waals surface area contributed by atoms with Crippen molar-refractivity contribution < 1.29 is 19.0 Å². The van der Waals surface area contributed by atoms with E-state index in [0.29, 0.717) is 49.0 Å². The molecule has 8 heteroatoms. The van der Waals surface area contributed by atoms with Crippen molar-refractivity contribution in [2.45, 2.75) is 0 Å². The molecule has 0 unspecified atom stereocenters. The van der Waals surface area contributed by atoms with Gasteiger partial charge < -0.3 is 24.0 Å². The average Bonchev–Trinajstić information content (AvgIpc) is 2.88. The molecule has 166 valence electrons. The topological polar surface area (TPSA) is 77.0 Å². The number of carbonyl (C=O) groups excluding carboxylic acids is 1. The molecule has 0 spiro atoms. The Balaban J connectivity index is 1.47. The van der Waals surface area contributed by atoms with Crippen molar-refractivity contribution >= 4 is 11.7 Å². The Hall–Kier alpha value is -3.81. The lowest BCUT2D eigenvalue weighted by Gasteiger charge is -2.35. The third-order valence-electron chi connectivity index (χ3n) is 5.52. The van der Waals surface area contributed by atoms with E-state index in [0.717, 1.165) is 17.1 Å². The van der Waals surface area contributed by atoms with E-state index >= 15 is 0 Å². The fourth-order valence-electron chi connectivity index (χ4n) is 3.81. The van der Waals surface area contributed by atoms with E-state index in [9.17, 15) is 4.79 Å². The molecule has 0 radical (unpaired) electrons. The summed E-state index contributed by atoms with van der Waals surface area (Å²) in [6.45, 7) is 2.53. The molecule has 0 N–H and O–H groups in total. The number of nitrogens with zero attached hydrogens (tertiary/aromatic N) is 4. The van der Waals surface area contributed by atoms with Gasteiger partial charge >= 0.3 is 0 Å². The summed E-state index contributed by atoms with van der Waals surface area (Å²) in [6, 6.07) is 15.4. The summed E-state index contributed by atoms with van der Waals surface area (Å²) in [5.74, 6) is 2.18. The molecule has 0 bridgehead atoms. The molecule has 2 heterocycles. The first-order valence-electron chi connectivity index (χ1n) is 10.4. The molecule has 1 aromatic heterocycles. The van der Waals surface area contributed by atoms with Crippen LogP contribution in [-0.4, -0.2) is 68.3 Å². The first-order chi connectivity index (χ1) is 15.6. The van der Waals surface area contributed by atoms with Crippen LogP contribution in [0.5, 0.6) is 17.2 Å². The second-order valence-electron chi connectivity index (χ2n) is 7.32. The molecule has 0 aliphatic carbocycles. The van der Waals surface area contributed by atoms with Crippen LogP contribution in [0.1, 0.15) is 10.4 Å². The Morgan fingerprint density at radius 1 is 0.844 bits per heavy atom. The highest BCUT2D eigenvalue weighted by atomic mass is 16.5. The van der Waals surface area contributed by atoms with Crippen LogP contribution in [-0.2, 0) is 0 Å². The lowest BCUT2D eigenvalue weighted by Crippen LogP contribution is -2.49. The number of hydrogen-bond donors (Lipinski definition) is 0. The van der Waals surface area contributed by atoms with Gasteiger partial charge in [0.2, 0.25) is 5.75 Å². The van der Waals surface area contributed by atoms with Gasteiger partial charge in [-0.3, -0.25) is 4.79 Å². The van der Waals surface area contributed by atoms with E-state index in [1.807, 2.05) is 41.3 Å². The smallest absolute Gasteiger partial charge is 0.254 e. The Labute approximate surface area is 187 Å². The highest BCUT2D eigenvalue weighted by Gasteiger charge is 2.25. The second-order valence-corrected chi connectivity index (χ2v) is 7.32. The zero-order chi connectivity index (χ0) is 22.5. The molecule has 1 saturated heterocycles. The maximum atomic E-state index is 13.1. The quantitative estimate of drug-likeness (QED) is 0.590. The zero-order valence-corrected chi connectivity index (χ0v) is 18.4. The summed E-state index contributed by atoms with van der Waals surface area (Å²) in [5, 5.41) is 0. The number of ether oxygens (including phenoxy) is 3. The van der Waals surface area contributed by atoms with Crippen LogP contribution < -0.4 is 19.1 Å². The molecule has 0 atom stereocenters. The summed E-state index contributed by atoms with van der Waals surface area (Å²) in [7, 11) is 4.61. The SMILES string of the molecule is COc1cc(C(=O)N2CCN(c3cc(-c4ccccc4)ncn3)CC2)cc(OC)c1OC. The van der Waals surface area contributed by atoms with Crippen LogP contribution >= 0.6 is 0 Å². The number of piperazine rings is 1. The normalized spacial score (nSPS) is 13.6. The van der Waals surface area contributed by atoms with Crippen LogP contribution in [0.15, 0.2) is 54.9 Å². The van der Waals surface area contributed by atoms with Crippen LogP contribution in [0, 0.1) is 0 Å². The highest BCUT2D eigenvalue weighted by Crippen LogP contribution is 2.38. The molecule has 1 fully saturated rings. The first-order valence-corrected chi connectivity index (χ1v) is 10.4. The average molecular weight is 434 g/mol. The van der Waals surface area contributed by atoms with E-state index in [-0.39, 0.29) is 5.91 Å². The number of hydrogen-bond acceptors (Lipinski definition) is 7. The summed E-state index contributed by atoms with van der Waals surface area (Å²) in [5.41, 5.74) is 2.43. The molecule has 2 aromatic carbocycles. The molecule has 32 heavy (non-hydrogen) atoms. The summed E-state index contributed by atoms with van der Waals surface area (Å²) in [4.78, 5) is 26.0. The van der Waals surface area contributed by atoms with Gasteiger partial charge in [0, 0.05) is 43.4 Å². The molecule has 8 nitrogen and oxygen atoms in total. The van der Waals surface area contributed by atoms with Crippen LogP contribution in [0.2, 0.25) is 0 Å². The van der Waals surface area contributed by atoms with Crippen molar-refractivity contribution in [3.05, 3.63) is 60.4 Å². The van der Waals surface area contributed by atoms with E-state index in [4.69, 9.17) is 14.2 Å². The number of carbonyl (C=O) groups is 1. The summed E-state index contributed by atoms with van der Waals surface area (Å²) >= 11 is 0. The number of methoxy groups -OCH3 is 3. The minimum Gasteiger partial charge on any atom is -0.493 e. The molecule has 1 amide bonds. The Morgan fingerprint density at radius 3 is 2.09 bits per heavy atom. The molecular formula is C24H26N4O4. The van der Waals surface area contributed by atoms with Crippen molar-refractivity contribution in [2.75, 3.05) is 52.4 Å². The number of benzene rings is 2. The maximum Gasteiger partial charge on any atom is 0.254 e. The molecule has 1 aliphatic heterocycles. The monoisotopic (exact) mass is 434 g/mol.